The van der Waals surface area contributed by atoms with Gasteiger partial charge >= 0.3 is 0 Å². The first-order valence-corrected chi connectivity index (χ1v) is 7.53. The van der Waals surface area contributed by atoms with E-state index < -0.39 is 0 Å². The lowest BCUT2D eigenvalue weighted by molar-refractivity contribution is -0.118. The SMILES string of the molecule is CC1=C(C#N)[C@@H](c2ccc(C)o2)C2=C(CC(C)(C)CC2=O)N1. The lowest BCUT2D eigenvalue weighted by Crippen LogP contribution is -2.36. The predicted octanol–water partition coefficient (Wildman–Crippen LogP) is 3.72. The van der Waals surface area contributed by atoms with Gasteiger partial charge in [0.05, 0.1) is 17.6 Å². The maximum atomic E-state index is 12.7. The van der Waals surface area contributed by atoms with E-state index in [4.69, 9.17) is 4.42 Å². The quantitative estimate of drug-likeness (QED) is 0.857. The van der Waals surface area contributed by atoms with Crippen LogP contribution in [0.4, 0.5) is 0 Å². The number of ketones is 1. The van der Waals surface area contributed by atoms with Gasteiger partial charge in [0.2, 0.25) is 0 Å². The lowest BCUT2D eigenvalue weighted by Gasteiger charge is -2.38. The summed E-state index contributed by atoms with van der Waals surface area (Å²) in [6.45, 7) is 7.95. The van der Waals surface area contributed by atoms with E-state index in [2.05, 4.69) is 25.2 Å². The molecule has 1 aliphatic heterocycles. The smallest absolute Gasteiger partial charge is 0.162 e. The monoisotopic (exact) mass is 296 g/mol. The van der Waals surface area contributed by atoms with Gasteiger partial charge in [0.25, 0.3) is 0 Å². The molecule has 0 aromatic carbocycles. The van der Waals surface area contributed by atoms with Gasteiger partial charge in [-0.1, -0.05) is 13.8 Å². The van der Waals surface area contributed by atoms with Crippen LogP contribution in [0, 0.1) is 23.7 Å². The van der Waals surface area contributed by atoms with Crippen molar-refractivity contribution < 1.29 is 9.21 Å². The van der Waals surface area contributed by atoms with E-state index >= 15 is 0 Å². The van der Waals surface area contributed by atoms with Crippen LogP contribution in [-0.2, 0) is 4.79 Å². The molecule has 0 saturated carbocycles. The number of aryl methyl sites for hydroxylation is 1. The van der Waals surface area contributed by atoms with Gasteiger partial charge in [-0.05, 0) is 37.8 Å². The molecule has 0 fully saturated rings. The molecule has 4 nitrogen and oxygen atoms in total. The Bertz CT molecular complexity index is 756. The Kier molecular flexibility index (Phi) is 3.25. The third kappa shape index (κ3) is 2.27. The van der Waals surface area contributed by atoms with Crippen LogP contribution >= 0.6 is 0 Å². The number of nitriles is 1. The third-order valence-electron chi connectivity index (χ3n) is 4.41. The van der Waals surface area contributed by atoms with Crippen molar-refractivity contribution in [1.29, 1.82) is 5.26 Å². The number of hydrogen-bond donors (Lipinski definition) is 1. The van der Waals surface area contributed by atoms with Gasteiger partial charge < -0.3 is 9.73 Å². The standard InChI is InChI=1S/C18H20N2O2/c1-10-5-6-15(22-10)16-12(9-19)11(2)20-13-7-18(3,4)8-14(21)17(13)16/h5-6,16,20H,7-8H2,1-4H3/t16-/m0/s1. The van der Waals surface area contributed by atoms with Gasteiger partial charge in [-0.15, -0.1) is 0 Å². The minimum Gasteiger partial charge on any atom is -0.465 e. The van der Waals surface area contributed by atoms with Crippen molar-refractivity contribution in [3.63, 3.8) is 0 Å². The zero-order chi connectivity index (χ0) is 16.1. The number of carbonyl (C=O) groups is 1. The van der Waals surface area contributed by atoms with Crippen LogP contribution in [0.15, 0.2) is 39.1 Å². The summed E-state index contributed by atoms with van der Waals surface area (Å²) >= 11 is 0. The molecular weight excluding hydrogens is 276 g/mol. The van der Waals surface area contributed by atoms with E-state index in [1.807, 2.05) is 26.0 Å². The summed E-state index contributed by atoms with van der Waals surface area (Å²) in [6, 6.07) is 6.00. The number of Topliss-reactive ketones (excluding diaryl/α,β-unsaturated/α-hetero) is 1. The van der Waals surface area contributed by atoms with Crippen molar-refractivity contribution >= 4 is 5.78 Å². The second kappa shape index (κ2) is 4.88. The molecule has 1 aliphatic carbocycles. The molecule has 1 aromatic heterocycles. The van der Waals surface area contributed by atoms with Gasteiger partial charge in [-0.2, -0.15) is 5.26 Å². The fourth-order valence-corrected chi connectivity index (χ4v) is 3.48. The number of nitrogens with one attached hydrogen (secondary N) is 1. The molecule has 114 valence electrons. The maximum absolute atomic E-state index is 12.7. The fraction of sp³-hybridized carbons (Fsp3) is 0.444. The zero-order valence-corrected chi connectivity index (χ0v) is 13.4. The second-order valence-corrected chi connectivity index (χ2v) is 6.99. The number of allylic oxidation sites excluding steroid dienone is 4. The number of nitrogens with zero attached hydrogens (tertiary/aromatic N) is 1. The molecule has 0 bridgehead atoms. The van der Waals surface area contributed by atoms with Gasteiger partial charge in [0.1, 0.15) is 11.5 Å². The van der Waals surface area contributed by atoms with Crippen LogP contribution in [0.5, 0.6) is 0 Å². The van der Waals surface area contributed by atoms with Crippen LogP contribution in [0.1, 0.15) is 51.1 Å². The molecule has 0 unspecified atom stereocenters. The molecule has 3 rings (SSSR count). The summed E-state index contributed by atoms with van der Waals surface area (Å²) in [4.78, 5) is 12.7. The highest BCUT2D eigenvalue weighted by Gasteiger charge is 2.42. The summed E-state index contributed by atoms with van der Waals surface area (Å²) < 4.78 is 5.75. The Morgan fingerprint density at radius 1 is 1.32 bits per heavy atom. The van der Waals surface area contributed by atoms with E-state index in [0.29, 0.717) is 23.3 Å². The van der Waals surface area contributed by atoms with E-state index in [1.54, 1.807) is 0 Å². The van der Waals surface area contributed by atoms with E-state index in [1.165, 1.54) is 0 Å². The Morgan fingerprint density at radius 2 is 2.05 bits per heavy atom. The van der Waals surface area contributed by atoms with Crippen LogP contribution in [0.25, 0.3) is 0 Å². The molecule has 2 heterocycles. The van der Waals surface area contributed by atoms with Crippen molar-refractivity contribution in [3.8, 4) is 6.07 Å². The molecule has 22 heavy (non-hydrogen) atoms. The van der Waals surface area contributed by atoms with E-state index in [-0.39, 0.29) is 17.1 Å². The number of hydrogen-bond acceptors (Lipinski definition) is 4. The Morgan fingerprint density at radius 3 is 2.64 bits per heavy atom. The van der Waals surface area contributed by atoms with Crippen LogP contribution in [0.3, 0.4) is 0 Å². The Labute approximate surface area is 130 Å². The topological polar surface area (TPSA) is 66.0 Å². The van der Waals surface area contributed by atoms with Crippen molar-refractivity contribution in [3.05, 3.63) is 46.2 Å². The second-order valence-electron chi connectivity index (χ2n) is 6.99. The summed E-state index contributed by atoms with van der Waals surface area (Å²) in [6.07, 6.45) is 1.31. The molecule has 1 N–H and O–H groups in total. The molecule has 1 aromatic rings. The van der Waals surface area contributed by atoms with Crippen molar-refractivity contribution in [2.75, 3.05) is 0 Å². The highest BCUT2D eigenvalue weighted by Crippen LogP contribution is 2.46. The number of carbonyl (C=O) groups excluding carboxylic acids is 1. The minimum atomic E-state index is -0.376. The molecule has 2 aliphatic rings. The van der Waals surface area contributed by atoms with Crippen molar-refractivity contribution in [2.45, 2.75) is 46.5 Å². The first-order chi connectivity index (χ1) is 10.3. The first kappa shape index (κ1) is 14.6. The normalized spacial score (nSPS) is 24.0. The summed E-state index contributed by atoms with van der Waals surface area (Å²) in [5, 5.41) is 12.8. The Hall–Kier alpha value is -2.28. The zero-order valence-electron chi connectivity index (χ0n) is 13.4. The molecule has 0 saturated heterocycles. The predicted molar refractivity (Wildman–Crippen MR) is 82.7 cm³/mol. The van der Waals surface area contributed by atoms with E-state index in [0.717, 1.165) is 23.6 Å². The molecule has 0 amide bonds. The van der Waals surface area contributed by atoms with Crippen LogP contribution < -0.4 is 5.32 Å². The minimum absolute atomic E-state index is 0.0586. The molecule has 4 heteroatoms. The van der Waals surface area contributed by atoms with Crippen molar-refractivity contribution in [2.24, 2.45) is 5.41 Å². The summed E-state index contributed by atoms with van der Waals surface area (Å²) in [7, 11) is 0. The average molecular weight is 296 g/mol. The third-order valence-corrected chi connectivity index (χ3v) is 4.41. The van der Waals surface area contributed by atoms with Gasteiger partial charge in [0, 0.05) is 23.4 Å². The largest absolute Gasteiger partial charge is 0.465 e. The van der Waals surface area contributed by atoms with Gasteiger partial charge in [-0.3, -0.25) is 4.79 Å². The van der Waals surface area contributed by atoms with E-state index in [9.17, 15) is 10.1 Å². The van der Waals surface area contributed by atoms with Crippen LogP contribution in [0.2, 0.25) is 0 Å². The lowest BCUT2D eigenvalue weighted by atomic mass is 9.70. The number of dihydropyridines is 1. The first-order valence-electron chi connectivity index (χ1n) is 7.53. The van der Waals surface area contributed by atoms with Crippen LogP contribution in [-0.4, -0.2) is 5.78 Å². The average Bonchev–Trinajstić information content (AvgIpc) is 2.82. The summed E-state index contributed by atoms with van der Waals surface area (Å²) in [5.74, 6) is 1.20. The molecule has 0 spiro atoms. The summed E-state index contributed by atoms with van der Waals surface area (Å²) in [5.41, 5.74) is 2.97. The number of rotatable bonds is 1. The highest BCUT2D eigenvalue weighted by atomic mass is 16.3. The molecule has 1 atom stereocenters. The fourth-order valence-electron chi connectivity index (χ4n) is 3.48. The Balaban J connectivity index is 2.17. The van der Waals surface area contributed by atoms with Gasteiger partial charge in [-0.25, -0.2) is 0 Å². The van der Waals surface area contributed by atoms with Crippen molar-refractivity contribution in [1.82, 2.24) is 5.32 Å². The highest BCUT2D eigenvalue weighted by molar-refractivity contribution is 6.00. The maximum Gasteiger partial charge on any atom is 0.162 e. The molecular formula is C18H20N2O2. The van der Waals surface area contributed by atoms with Gasteiger partial charge in [0.15, 0.2) is 5.78 Å². The molecule has 0 radical (unpaired) electrons. The number of furan rings is 1.